The van der Waals surface area contributed by atoms with Crippen molar-refractivity contribution in [2.75, 3.05) is 10.1 Å². The van der Waals surface area contributed by atoms with E-state index in [1.807, 2.05) is 0 Å². The maximum Gasteiger partial charge on any atom is 0.432 e. The molecule has 0 radical (unpaired) electrons. The van der Waals surface area contributed by atoms with Gasteiger partial charge >= 0.3 is 11.9 Å². The monoisotopic (exact) mass is 510 g/mol. The van der Waals surface area contributed by atoms with Crippen LogP contribution < -0.4 is 15.6 Å². The van der Waals surface area contributed by atoms with Crippen LogP contribution in [-0.4, -0.2) is 29.6 Å². The van der Waals surface area contributed by atoms with Gasteiger partial charge in [0.1, 0.15) is 17.6 Å². The third kappa shape index (κ3) is 4.85. The van der Waals surface area contributed by atoms with Crippen molar-refractivity contribution in [2.45, 2.75) is 13.1 Å². The first-order chi connectivity index (χ1) is 16.3. The molecule has 0 aliphatic rings. The summed E-state index contributed by atoms with van der Waals surface area (Å²) in [6.07, 6.45) is -5.30. The highest BCUT2D eigenvalue weighted by Gasteiger charge is 2.37. The van der Waals surface area contributed by atoms with Crippen molar-refractivity contribution in [2.24, 2.45) is 0 Å². The molecule has 14 heteroatoms. The van der Waals surface area contributed by atoms with Gasteiger partial charge in [0, 0.05) is 11.6 Å². The predicted octanol–water partition coefficient (Wildman–Crippen LogP) is 2.55. The average Bonchev–Trinajstić information content (AvgIpc) is 2.79. The molecule has 0 saturated heterocycles. The highest BCUT2D eigenvalue weighted by Crippen LogP contribution is 2.33. The van der Waals surface area contributed by atoms with Crippen LogP contribution >= 0.6 is 0 Å². The van der Waals surface area contributed by atoms with Crippen LogP contribution in [0.25, 0.3) is 5.69 Å². The van der Waals surface area contributed by atoms with Gasteiger partial charge in [0.15, 0.2) is 0 Å². The summed E-state index contributed by atoms with van der Waals surface area (Å²) in [6.45, 7) is 1.17. The number of nitrogens with zero attached hydrogens (tertiary/aromatic N) is 3. The van der Waals surface area contributed by atoms with Crippen LogP contribution in [0, 0.1) is 17.1 Å². The quantitative estimate of drug-likeness (QED) is 0.525. The van der Waals surface area contributed by atoms with Crippen molar-refractivity contribution in [1.29, 1.82) is 5.26 Å². The van der Waals surface area contributed by atoms with Crippen LogP contribution in [0.1, 0.15) is 28.5 Å². The van der Waals surface area contributed by atoms with Crippen LogP contribution in [0.2, 0.25) is 0 Å². The summed E-state index contributed by atoms with van der Waals surface area (Å²) in [6, 6.07) is 9.23. The maximum atomic E-state index is 14.9. The Morgan fingerprint density at radius 3 is 2.31 bits per heavy atom. The van der Waals surface area contributed by atoms with Gasteiger partial charge in [0.2, 0.25) is 10.0 Å². The van der Waals surface area contributed by atoms with Gasteiger partial charge in [-0.15, -0.1) is 0 Å². The Bertz CT molecular complexity index is 1570. The summed E-state index contributed by atoms with van der Waals surface area (Å²) >= 11 is 0. The van der Waals surface area contributed by atoms with E-state index in [1.54, 1.807) is 4.98 Å². The fraction of sp³-hybridized carbons (Fsp3) is 0.143. The zero-order chi connectivity index (χ0) is 26.1. The lowest BCUT2D eigenvalue weighted by atomic mass is 10.1. The molecule has 1 amide bonds. The molecule has 0 bridgehead atoms. The maximum absolute atomic E-state index is 14.9. The van der Waals surface area contributed by atoms with Crippen molar-refractivity contribution in [3.05, 3.63) is 92.0 Å². The lowest BCUT2D eigenvalue weighted by Crippen LogP contribution is -2.39. The largest absolute Gasteiger partial charge is 0.432 e. The fourth-order valence-electron chi connectivity index (χ4n) is 3.14. The van der Waals surface area contributed by atoms with Crippen molar-refractivity contribution in [1.82, 2.24) is 9.55 Å². The molecule has 0 spiro atoms. The lowest BCUT2D eigenvalue weighted by molar-refractivity contribution is -0.143. The van der Waals surface area contributed by atoms with Crippen molar-refractivity contribution in [3.8, 4) is 11.8 Å². The molecule has 35 heavy (non-hydrogen) atoms. The predicted molar refractivity (Wildman–Crippen MR) is 115 cm³/mol. The van der Waals surface area contributed by atoms with Gasteiger partial charge in [0.05, 0.1) is 22.7 Å². The Kier molecular flexibility index (Phi) is 6.66. The van der Waals surface area contributed by atoms with Crippen LogP contribution in [0.15, 0.2) is 58.1 Å². The number of aromatic nitrogens is 2. The second kappa shape index (κ2) is 9.18. The number of H-pyrrole nitrogens is 1. The molecular formula is C21H14F4N4O5S. The number of aromatic amines is 1. The Morgan fingerprint density at radius 2 is 1.77 bits per heavy atom. The molecule has 9 nitrogen and oxygen atoms in total. The standard InChI is InChI=1S/C21H14F4N4O5S/c1-2-35(33,34)29(19(31)12-6-4-3-5-7-12)15-9-16(14(22)8-13(15)11-26)28-17(21(23,24)25)10-18(30)27-20(28)32/h3-10H,2H2,1H3,(H,27,30,32). The number of carbonyl (C=O) groups excluding carboxylic acids is 1. The van der Waals surface area contributed by atoms with Gasteiger partial charge < -0.3 is 0 Å². The molecule has 0 fully saturated rings. The van der Waals surface area contributed by atoms with Gasteiger partial charge in [-0.25, -0.2) is 21.9 Å². The van der Waals surface area contributed by atoms with Crippen LogP contribution in [0.5, 0.6) is 0 Å². The molecule has 182 valence electrons. The van der Waals surface area contributed by atoms with E-state index in [9.17, 15) is 45.6 Å². The topological polar surface area (TPSA) is 133 Å². The summed E-state index contributed by atoms with van der Waals surface area (Å²) < 4.78 is 81.3. The highest BCUT2D eigenvalue weighted by molar-refractivity contribution is 7.93. The second-order valence-corrected chi connectivity index (χ2v) is 9.03. The van der Waals surface area contributed by atoms with E-state index in [1.165, 1.54) is 43.3 Å². The summed E-state index contributed by atoms with van der Waals surface area (Å²) in [4.78, 5) is 38.5. The van der Waals surface area contributed by atoms with Gasteiger partial charge in [-0.1, -0.05) is 18.2 Å². The van der Waals surface area contributed by atoms with Crippen molar-refractivity contribution < 1.29 is 30.8 Å². The minimum Gasteiger partial charge on any atom is -0.274 e. The number of nitriles is 1. The Hall–Kier alpha value is -4.25. The summed E-state index contributed by atoms with van der Waals surface area (Å²) in [5.74, 6) is -3.37. The Morgan fingerprint density at radius 1 is 1.14 bits per heavy atom. The molecule has 0 unspecified atom stereocenters. The Labute approximate surface area is 194 Å². The highest BCUT2D eigenvalue weighted by atomic mass is 32.2. The van der Waals surface area contributed by atoms with Crippen LogP contribution in [0.4, 0.5) is 23.2 Å². The summed E-state index contributed by atoms with van der Waals surface area (Å²) in [7, 11) is -4.52. The number of hydrogen-bond acceptors (Lipinski definition) is 6. The summed E-state index contributed by atoms with van der Waals surface area (Å²) in [5, 5.41) is 9.47. The molecule has 0 aliphatic carbocycles. The van der Waals surface area contributed by atoms with E-state index in [-0.39, 0.29) is 20.5 Å². The zero-order valence-electron chi connectivity index (χ0n) is 17.6. The lowest BCUT2D eigenvalue weighted by Gasteiger charge is -2.24. The number of anilines is 1. The first-order valence-corrected chi connectivity index (χ1v) is 11.2. The third-order valence-corrected chi connectivity index (χ3v) is 6.37. The number of amides is 1. The number of hydrogen-bond donors (Lipinski definition) is 1. The number of benzene rings is 2. The second-order valence-electron chi connectivity index (χ2n) is 6.93. The van der Waals surface area contributed by atoms with Gasteiger partial charge in [-0.05, 0) is 31.2 Å². The molecule has 0 atom stereocenters. The minimum absolute atomic E-state index is 0.00833. The number of rotatable bonds is 5. The molecule has 3 rings (SSSR count). The number of alkyl halides is 3. The van der Waals surface area contributed by atoms with Crippen molar-refractivity contribution in [3.63, 3.8) is 0 Å². The van der Waals surface area contributed by atoms with Crippen LogP contribution in [-0.2, 0) is 16.2 Å². The Balaban J connectivity index is 2.43. The molecule has 1 N–H and O–H groups in total. The smallest absolute Gasteiger partial charge is 0.274 e. The van der Waals surface area contributed by atoms with Crippen molar-refractivity contribution >= 4 is 21.6 Å². The number of carbonyl (C=O) groups is 1. The van der Waals surface area contributed by atoms with Gasteiger partial charge in [-0.3, -0.25) is 19.1 Å². The van der Waals surface area contributed by atoms with E-state index in [0.29, 0.717) is 12.1 Å². The molecule has 0 saturated carbocycles. The first-order valence-electron chi connectivity index (χ1n) is 9.61. The summed E-state index contributed by atoms with van der Waals surface area (Å²) in [5.41, 5.74) is -7.76. The molecule has 1 aromatic heterocycles. The molecule has 1 heterocycles. The van der Waals surface area contributed by atoms with Gasteiger partial charge in [-0.2, -0.15) is 18.4 Å². The minimum atomic E-state index is -5.30. The zero-order valence-corrected chi connectivity index (χ0v) is 18.4. The van der Waals surface area contributed by atoms with E-state index in [2.05, 4.69) is 0 Å². The number of sulfonamides is 1. The van der Waals surface area contributed by atoms with E-state index in [4.69, 9.17) is 0 Å². The molecule has 0 aliphatic heterocycles. The first kappa shape index (κ1) is 25.4. The molecule has 3 aromatic rings. The fourth-order valence-corrected chi connectivity index (χ4v) is 4.20. The SMILES string of the molecule is CCS(=O)(=O)N(C(=O)c1ccccc1)c1cc(-n2c(C(F)(F)F)cc(=O)[nH]c2=O)c(F)cc1C#N. The van der Waals surface area contributed by atoms with E-state index < -0.39 is 67.6 Å². The third-order valence-electron chi connectivity index (χ3n) is 4.73. The average molecular weight is 510 g/mol. The van der Waals surface area contributed by atoms with E-state index in [0.717, 1.165) is 0 Å². The molecule has 2 aromatic carbocycles. The van der Waals surface area contributed by atoms with Gasteiger partial charge in [0.25, 0.3) is 11.5 Å². The number of nitrogens with one attached hydrogen (secondary N) is 1. The molecular weight excluding hydrogens is 496 g/mol. The van der Waals surface area contributed by atoms with Crippen LogP contribution in [0.3, 0.4) is 0 Å². The normalized spacial score (nSPS) is 11.7. The van der Waals surface area contributed by atoms with E-state index >= 15 is 0 Å². The number of halogens is 4.